The van der Waals surface area contributed by atoms with Gasteiger partial charge in [-0.1, -0.05) is 17.7 Å². The first-order valence-corrected chi connectivity index (χ1v) is 8.42. The molecule has 0 bridgehead atoms. The van der Waals surface area contributed by atoms with Crippen molar-refractivity contribution in [3.05, 3.63) is 29.8 Å². The monoisotopic (exact) mass is 350 g/mol. The van der Waals surface area contributed by atoms with Crippen molar-refractivity contribution in [1.29, 1.82) is 0 Å². The molecule has 138 valence electrons. The lowest BCUT2D eigenvalue weighted by Crippen LogP contribution is -2.52. The van der Waals surface area contributed by atoms with Crippen LogP contribution in [0.25, 0.3) is 0 Å². The van der Waals surface area contributed by atoms with Gasteiger partial charge in [0.05, 0.1) is 13.2 Å². The lowest BCUT2D eigenvalue weighted by molar-refractivity contribution is -0.143. The van der Waals surface area contributed by atoms with Gasteiger partial charge in [-0.05, 0) is 19.1 Å². The molecule has 1 aromatic carbocycles. The van der Waals surface area contributed by atoms with Crippen LogP contribution in [0, 0.1) is 6.92 Å². The molecule has 1 aromatic rings. The number of rotatable bonds is 8. The SMILES string of the molecule is COCCOCC(=O)N1CCN(C(=O)COc2ccc(C)cc2)CC1. The molecule has 7 nitrogen and oxygen atoms in total. The van der Waals surface area contributed by atoms with Crippen LogP contribution in [0.15, 0.2) is 24.3 Å². The van der Waals surface area contributed by atoms with E-state index in [9.17, 15) is 9.59 Å². The quantitative estimate of drug-likeness (QED) is 0.646. The third kappa shape index (κ3) is 6.36. The zero-order valence-corrected chi connectivity index (χ0v) is 14.9. The van der Waals surface area contributed by atoms with Crippen molar-refractivity contribution < 1.29 is 23.8 Å². The molecule has 2 amide bonds. The van der Waals surface area contributed by atoms with Gasteiger partial charge in [0.25, 0.3) is 5.91 Å². The number of amides is 2. The van der Waals surface area contributed by atoms with Crippen molar-refractivity contribution in [3.63, 3.8) is 0 Å². The number of benzene rings is 1. The Bertz CT molecular complexity index is 553. The van der Waals surface area contributed by atoms with Gasteiger partial charge in [0.2, 0.25) is 5.91 Å². The van der Waals surface area contributed by atoms with Gasteiger partial charge in [-0.25, -0.2) is 0 Å². The van der Waals surface area contributed by atoms with E-state index in [-0.39, 0.29) is 25.0 Å². The Morgan fingerprint density at radius 2 is 1.48 bits per heavy atom. The van der Waals surface area contributed by atoms with E-state index in [2.05, 4.69) is 0 Å². The fourth-order valence-electron chi connectivity index (χ4n) is 2.47. The number of methoxy groups -OCH3 is 1. The van der Waals surface area contributed by atoms with Crippen molar-refractivity contribution in [2.24, 2.45) is 0 Å². The topological polar surface area (TPSA) is 68.3 Å². The fraction of sp³-hybridized carbons (Fsp3) is 0.556. The second-order valence-corrected chi connectivity index (χ2v) is 5.91. The predicted molar refractivity (Wildman–Crippen MR) is 92.5 cm³/mol. The summed E-state index contributed by atoms with van der Waals surface area (Å²) in [6, 6.07) is 7.59. The molecule has 0 unspecified atom stereocenters. The van der Waals surface area contributed by atoms with Gasteiger partial charge in [0.1, 0.15) is 12.4 Å². The maximum Gasteiger partial charge on any atom is 0.260 e. The number of carbonyl (C=O) groups is 2. The molecule has 1 saturated heterocycles. The van der Waals surface area contributed by atoms with Crippen LogP contribution in [-0.2, 0) is 19.1 Å². The van der Waals surface area contributed by atoms with Crippen LogP contribution in [0.5, 0.6) is 5.75 Å². The summed E-state index contributed by atoms with van der Waals surface area (Å²) in [4.78, 5) is 27.7. The van der Waals surface area contributed by atoms with E-state index in [1.54, 1.807) is 16.9 Å². The van der Waals surface area contributed by atoms with Crippen molar-refractivity contribution in [1.82, 2.24) is 9.80 Å². The Morgan fingerprint density at radius 3 is 2.04 bits per heavy atom. The highest BCUT2D eigenvalue weighted by Crippen LogP contribution is 2.12. The van der Waals surface area contributed by atoms with E-state index in [1.807, 2.05) is 31.2 Å². The highest BCUT2D eigenvalue weighted by molar-refractivity contribution is 5.79. The van der Waals surface area contributed by atoms with Gasteiger partial charge in [-0.2, -0.15) is 0 Å². The summed E-state index contributed by atoms with van der Waals surface area (Å²) in [7, 11) is 1.59. The van der Waals surface area contributed by atoms with E-state index < -0.39 is 0 Å². The molecule has 0 atom stereocenters. The molecule has 0 radical (unpaired) electrons. The summed E-state index contributed by atoms with van der Waals surface area (Å²) in [5, 5.41) is 0. The standard InChI is InChI=1S/C18H26N2O5/c1-15-3-5-16(6-4-15)25-14-18(22)20-9-7-19(8-10-20)17(21)13-24-12-11-23-2/h3-6H,7-14H2,1-2H3. The Hall–Kier alpha value is -2.12. The Labute approximate surface area is 148 Å². The van der Waals surface area contributed by atoms with Crippen molar-refractivity contribution in [2.75, 3.05) is 59.7 Å². The zero-order chi connectivity index (χ0) is 18.1. The van der Waals surface area contributed by atoms with Crippen LogP contribution in [-0.4, -0.2) is 81.3 Å². The van der Waals surface area contributed by atoms with E-state index in [0.29, 0.717) is 45.1 Å². The highest BCUT2D eigenvalue weighted by Gasteiger charge is 2.24. The van der Waals surface area contributed by atoms with Crippen LogP contribution in [0.4, 0.5) is 0 Å². The molecule has 1 heterocycles. The van der Waals surface area contributed by atoms with Crippen molar-refractivity contribution >= 4 is 11.8 Å². The smallest absolute Gasteiger partial charge is 0.260 e. The first-order valence-electron chi connectivity index (χ1n) is 8.42. The molecule has 1 aliphatic heterocycles. The normalized spacial score (nSPS) is 14.5. The first-order chi connectivity index (χ1) is 12.1. The van der Waals surface area contributed by atoms with E-state index in [0.717, 1.165) is 5.56 Å². The Morgan fingerprint density at radius 1 is 0.920 bits per heavy atom. The lowest BCUT2D eigenvalue weighted by Gasteiger charge is -2.34. The van der Waals surface area contributed by atoms with Crippen LogP contribution in [0.3, 0.4) is 0 Å². The van der Waals surface area contributed by atoms with Gasteiger partial charge in [-0.3, -0.25) is 9.59 Å². The number of nitrogens with zero attached hydrogens (tertiary/aromatic N) is 2. The minimum absolute atomic E-state index is 0.0110. The number of hydrogen-bond acceptors (Lipinski definition) is 5. The summed E-state index contributed by atoms with van der Waals surface area (Å²) in [5.41, 5.74) is 1.14. The second kappa shape index (κ2) is 10.0. The molecule has 2 rings (SSSR count). The molecule has 1 aliphatic rings. The summed E-state index contributed by atoms with van der Waals surface area (Å²) < 4.78 is 15.6. The minimum Gasteiger partial charge on any atom is -0.484 e. The Kier molecular flexibility index (Phi) is 7.69. The molecule has 0 aromatic heterocycles. The molecular formula is C18H26N2O5. The van der Waals surface area contributed by atoms with Gasteiger partial charge in [0.15, 0.2) is 6.61 Å². The van der Waals surface area contributed by atoms with Crippen molar-refractivity contribution in [2.45, 2.75) is 6.92 Å². The molecule has 0 spiro atoms. The molecular weight excluding hydrogens is 324 g/mol. The average molecular weight is 350 g/mol. The number of carbonyl (C=O) groups excluding carboxylic acids is 2. The van der Waals surface area contributed by atoms with Gasteiger partial charge >= 0.3 is 0 Å². The molecule has 1 fully saturated rings. The van der Waals surface area contributed by atoms with Gasteiger partial charge < -0.3 is 24.0 Å². The zero-order valence-electron chi connectivity index (χ0n) is 14.9. The van der Waals surface area contributed by atoms with Crippen LogP contribution in [0.1, 0.15) is 5.56 Å². The van der Waals surface area contributed by atoms with E-state index >= 15 is 0 Å². The first kappa shape index (κ1) is 19.2. The summed E-state index contributed by atoms with van der Waals surface area (Å²) in [6.07, 6.45) is 0. The highest BCUT2D eigenvalue weighted by atomic mass is 16.5. The van der Waals surface area contributed by atoms with Gasteiger partial charge in [-0.15, -0.1) is 0 Å². The van der Waals surface area contributed by atoms with Crippen molar-refractivity contribution in [3.8, 4) is 5.75 Å². The third-order valence-corrected chi connectivity index (χ3v) is 4.03. The number of hydrogen-bond donors (Lipinski definition) is 0. The number of aryl methyl sites for hydroxylation is 1. The largest absolute Gasteiger partial charge is 0.484 e. The fourth-order valence-corrected chi connectivity index (χ4v) is 2.47. The van der Waals surface area contributed by atoms with Crippen LogP contribution in [0.2, 0.25) is 0 Å². The number of ether oxygens (including phenoxy) is 3. The molecule has 0 aliphatic carbocycles. The van der Waals surface area contributed by atoms with Crippen LogP contribution < -0.4 is 4.74 Å². The van der Waals surface area contributed by atoms with E-state index in [4.69, 9.17) is 14.2 Å². The summed E-state index contributed by atoms with van der Waals surface area (Å²) in [5.74, 6) is 0.559. The Balaban J connectivity index is 1.67. The van der Waals surface area contributed by atoms with Gasteiger partial charge in [0, 0.05) is 33.3 Å². The second-order valence-electron chi connectivity index (χ2n) is 5.91. The molecule has 0 N–H and O–H groups in total. The molecule has 0 saturated carbocycles. The molecule has 25 heavy (non-hydrogen) atoms. The van der Waals surface area contributed by atoms with Crippen LogP contribution >= 0.6 is 0 Å². The minimum atomic E-state index is -0.0657. The number of piperazine rings is 1. The summed E-state index contributed by atoms with van der Waals surface area (Å²) >= 11 is 0. The average Bonchev–Trinajstić information content (AvgIpc) is 2.64. The molecule has 7 heteroatoms. The summed E-state index contributed by atoms with van der Waals surface area (Å²) in [6.45, 7) is 4.99. The lowest BCUT2D eigenvalue weighted by atomic mass is 10.2. The maximum absolute atomic E-state index is 12.2. The predicted octanol–water partition coefficient (Wildman–Crippen LogP) is 0.708. The third-order valence-electron chi connectivity index (χ3n) is 4.03. The van der Waals surface area contributed by atoms with E-state index in [1.165, 1.54) is 0 Å². The maximum atomic E-state index is 12.2.